The molecule has 1 aliphatic heterocycles. The van der Waals surface area contributed by atoms with Crippen molar-refractivity contribution in [3.8, 4) is 5.75 Å². The molecule has 6 nitrogen and oxygen atoms in total. The number of carbonyl (C=O) groups is 1. The Hall–Kier alpha value is -2.50. The lowest BCUT2D eigenvalue weighted by Crippen LogP contribution is -2.43. The van der Waals surface area contributed by atoms with Gasteiger partial charge in [0.15, 0.2) is 0 Å². The summed E-state index contributed by atoms with van der Waals surface area (Å²) in [5.74, 6) is 0.832. The number of urea groups is 1. The lowest BCUT2D eigenvalue weighted by molar-refractivity contribution is 0.167. The fourth-order valence-electron chi connectivity index (χ4n) is 3.54. The predicted octanol–water partition coefficient (Wildman–Crippen LogP) is 3.80. The summed E-state index contributed by atoms with van der Waals surface area (Å²) in [6.45, 7) is 12.1. The first kappa shape index (κ1) is 19.3. The number of aromatic amines is 1. The smallest absolute Gasteiger partial charge is 0.317 e. The Morgan fingerprint density at radius 1 is 1.41 bits per heavy atom. The van der Waals surface area contributed by atoms with E-state index in [0.29, 0.717) is 19.6 Å². The molecule has 1 aromatic carbocycles. The third kappa shape index (κ3) is 4.81. The first-order valence-corrected chi connectivity index (χ1v) is 9.53. The number of aromatic nitrogens is 2. The zero-order valence-electron chi connectivity index (χ0n) is 16.9. The van der Waals surface area contributed by atoms with Crippen LogP contribution in [0.25, 0.3) is 0 Å². The zero-order chi connectivity index (χ0) is 19.6. The molecule has 0 saturated carbocycles. The summed E-state index contributed by atoms with van der Waals surface area (Å²) in [5, 5.41) is 10.3. The molecule has 0 atom stereocenters. The van der Waals surface area contributed by atoms with Crippen LogP contribution in [0.1, 0.15) is 50.1 Å². The Bertz CT molecular complexity index is 810. The number of rotatable bonds is 4. The molecule has 0 saturated heterocycles. The van der Waals surface area contributed by atoms with Crippen LogP contribution >= 0.6 is 0 Å². The van der Waals surface area contributed by atoms with Crippen molar-refractivity contribution < 1.29 is 9.53 Å². The van der Waals surface area contributed by atoms with Crippen LogP contribution in [0.3, 0.4) is 0 Å². The van der Waals surface area contributed by atoms with Gasteiger partial charge in [-0.25, -0.2) is 4.79 Å². The Labute approximate surface area is 161 Å². The van der Waals surface area contributed by atoms with E-state index in [-0.39, 0.29) is 17.6 Å². The molecule has 1 aliphatic rings. The van der Waals surface area contributed by atoms with Crippen molar-refractivity contribution in [3.05, 3.63) is 46.8 Å². The zero-order valence-corrected chi connectivity index (χ0v) is 16.9. The number of fused-ring (bicyclic) bond motifs is 1. The van der Waals surface area contributed by atoms with Crippen molar-refractivity contribution in [2.45, 2.75) is 60.2 Å². The normalized spacial score (nSPS) is 16.0. The van der Waals surface area contributed by atoms with Gasteiger partial charge in [-0.1, -0.05) is 26.0 Å². The van der Waals surface area contributed by atoms with Gasteiger partial charge < -0.3 is 15.0 Å². The van der Waals surface area contributed by atoms with Gasteiger partial charge in [0.1, 0.15) is 5.75 Å². The van der Waals surface area contributed by atoms with E-state index in [1.165, 1.54) is 0 Å². The second-order valence-corrected chi connectivity index (χ2v) is 8.51. The lowest BCUT2D eigenvalue weighted by atomic mass is 9.88. The minimum absolute atomic E-state index is 0.00903. The van der Waals surface area contributed by atoms with Crippen LogP contribution in [-0.2, 0) is 19.5 Å². The van der Waals surface area contributed by atoms with E-state index in [9.17, 15) is 4.79 Å². The highest BCUT2D eigenvalue weighted by Crippen LogP contribution is 2.29. The summed E-state index contributed by atoms with van der Waals surface area (Å²) < 4.78 is 5.92. The van der Waals surface area contributed by atoms with E-state index < -0.39 is 0 Å². The topological polar surface area (TPSA) is 70.2 Å². The second kappa shape index (κ2) is 7.62. The van der Waals surface area contributed by atoms with Crippen molar-refractivity contribution in [3.63, 3.8) is 0 Å². The maximum Gasteiger partial charge on any atom is 0.317 e. The summed E-state index contributed by atoms with van der Waals surface area (Å²) in [6, 6.07) is 6.03. The third-order valence-corrected chi connectivity index (χ3v) is 4.75. The van der Waals surface area contributed by atoms with Crippen molar-refractivity contribution in [2.75, 3.05) is 6.54 Å². The SMILES string of the molecule is Cc1ccc(CNC(=O)N2Cc3cn[nH]c3CC(C)(C)C2)c(OC(C)C)c1. The van der Waals surface area contributed by atoms with E-state index in [0.717, 1.165) is 34.6 Å². The monoisotopic (exact) mass is 370 g/mol. The van der Waals surface area contributed by atoms with E-state index >= 15 is 0 Å². The van der Waals surface area contributed by atoms with Gasteiger partial charge >= 0.3 is 6.03 Å². The van der Waals surface area contributed by atoms with E-state index in [1.807, 2.05) is 50.1 Å². The molecule has 6 heteroatoms. The number of benzene rings is 1. The first-order valence-electron chi connectivity index (χ1n) is 9.53. The van der Waals surface area contributed by atoms with Crippen LogP contribution < -0.4 is 10.1 Å². The van der Waals surface area contributed by atoms with Gasteiger partial charge in [0.2, 0.25) is 0 Å². The molecule has 2 N–H and O–H groups in total. The summed E-state index contributed by atoms with van der Waals surface area (Å²) in [6.07, 6.45) is 2.80. The van der Waals surface area contributed by atoms with E-state index in [4.69, 9.17) is 4.74 Å². The summed E-state index contributed by atoms with van der Waals surface area (Å²) in [5.41, 5.74) is 4.34. The number of amides is 2. The van der Waals surface area contributed by atoms with Gasteiger partial charge in [0.05, 0.1) is 18.8 Å². The number of nitrogens with one attached hydrogen (secondary N) is 2. The third-order valence-electron chi connectivity index (χ3n) is 4.75. The van der Waals surface area contributed by atoms with Crippen LogP contribution in [0, 0.1) is 12.3 Å². The molecule has 2 heterocycles. The number of hydrogen-bond donors (Lipinski definition) is 2. The summed E-state index contributed by atoms with van der Waals surface area (Å²) in [7, 11) is 0. The minimum atomic E-state index is -0.0619. The van der Waals surface area contributed by atoms with Crippen LogP contribution in [0.5, 0.6) is 5.75 Å². The van der Waals surface area contributed by atoms with E-state index in [2.05, 4.69) is 29.4 Å². The summed E-state index contributed by atoms with van der Waals surface area (Å²) in [4.78, 5) is 14.8. The molecule has 0 radical (unpaired) electrons. The number of carbonyl (C=O) groups excluding carboxylic acids is 1. The average molecular weight is 370 g/mol. The van der Waals surface area contributed by atoms with Crippen LogP contribution in [0.2, 0.25) is 0 Å². The molecule has 0 fully saturated rings. The molecular weight excluding hydrogens is 340 g/mol. The van der Waals surface area contributed by atoms with Gasteiger partial charge in [-0.2, -0.15) is 5.10 Å². The van der Waals surface area contributed by atoms with Gasteiger partial charge in [0.25, 0.3) is 0 Å². The Morgan fingerprint density at radius 3 is 2.93 bits per heavy atom. The molecule has 1 aromatic heterocycles. The fourth-order valence-corrected chi connectivity index (χ4v) is 3.54. The molecule has 146 valence electrons. The molecule has 0 unspecified atom stereocenters. The fraction of sp³-hybridized carbons (Fsp3) is 0.524. The highest BCUT2D eigenvalue weighted by molar-refractivity contribution is 5.74. The standard InChI is InChI=1S/C21H30N4O2/c1-14(2)27-19-8-15(3)6-7-16(19)10-22-20(26)25-12-17-11-23-24-18(17)9-21(4,5)13-25/h6-8,11,14H,9-10,12-13H2,1-5H3,(H,22,26)(H,23,24). The Morgan fingerprint density at radius 2 is 2.19 bits per heavy atom. The number of aryl methyl sites for hydroxylation is 1. The second-order valence-electron chi connectivity index (χ2n) is 8.51. The number of H-pyrrole nitrogens is 1. The number of hydrogen-bond acceptors (Lipinski definition) is 3. The van der Waals surface area contributed by atoms with Crippen molar-refractivity contribution in [2.24, 2.45) is 5.41 Å². The number of ether oxygens (including phenoxy) is 1. The van der Waals surface area contributed by atoms with E-state index in [1.54, 1.807) is 0 Å². The predicted molar refractivity (Wildman–Crippen MR) is 106 cm³/mol. The maximum absolute atomic E-state index is 12.9. The lowest BCUT2D eigenvalue weighted by Gasteiger charge is -2.29. The Balaban J connectivity index is 1.71. The van der Waals surface area contributed by atoms with Crippen molar-refractivity contribution >= 4 is 6.03 Å². The van der Waals surface area contributed by atoms with Gasteiger partial charge in [0, 0.05) is 29.9 Å². The molecule has 0 bridgehead atoms. The molecule has 27 heavy (non-hydrogen) atoms. The maximum atomic E-state index is 12.9. The highest BCUT2D eigenvalue weighted by Gasteiger charge is 2.31. The number of nitrogens with zero attached hydrogens (tertiary/aromatic N) is 2. The minimum Gasteiger partial charge on any atom is -0.491 e. The largest absolute Gasteiger partial charge is 0.491 e. The van der Waals surface area contributed by atoms with Gasteiger partial charge in [-0.15, -0.1) is 0 Å². The van der Waals surface area contributed by atoms with Crippen LogP contribution in [-0.4, -0.2) is 33.8 Å². The quantitative estimate of drug-likeness (QED) is 0.860. The molecule has 2 amide bonds. The van der Waals surface area contributed by atoms with Gasteiger partial charge in [-0.3, -0.25) is 5.10 Å². The Kier molecular flexibility index (Phi) is 5.44. The molecule has 0 aliphatic carbocycles. The van der Waals surface area contributed by atoms with Crippen molar-refractivity contribution in [1.82, 2.24) is 20.4 Å². The van der Waals surface area contributed by atoms with Crippen molar-refractivity contribution in [1.29, 1.82) is 0 Å². The van der Waals surface area contributed by atoms with Crippen LogP contribution in [0.4, 0.5) is 4.79 Å². The molecule has 0 spiro atoms. The first-order chi connectivity index (χ1) is 12.7. The highest BCUT2D eigenvalue weighted by atomic mass is 16.5. The molecule has 3 rings (SSSR count). The molecule has 2 aromatic rings. The average Bonchev–Trinajstić information content (AvgIpc) is 2.93. The van der Waals surface area contributed by atoms with Crippen LogP contribution in [0.15, 0.2) is 24.4 Å². The molecular formula is C21H30N4O2. The summed E-state index contributed by atoms with van der Waals surface area (Å²) >= 11 is 0. The van der Waals surface area contributed by atoms with Gasteiger partial charge in [-0.05, 0) is 44.2 Å².